The van der Waals surface area contributed by atoms with Crippen molar-refractivity contribution in [2.24, 2.45) is 0 Å². The molecule has 0 radical (unpaired) electrons. The Morgan fingerprint density at radius 2 is 2.14 bits per heavy atom. The van der Waals surface area contributed by atoms with Gasteiger partial charge in [0.05, 0.1) is 12.6 Å². The van der Waals surface area contributed by atoms with Crippen LogP contribution in [0.25, 0.3) is 10.9 Å². The second-order valence-electron chi connectivity index (χ2n) is 3.15. The molecule has 2 aromatic rings. The smallest absolute Gasteiger partial charge is 0.0820 e. The molecule has 0 fully saturated rings. The van der Waals surface area contributed by atoms with E-state index >= 15 is 0 Å². The largest absolute Gasteiger partial charge is 0.394 e. The van der Waals surface area contributed by atoms with Gasteiger partial charge in [0, 0.05) is 17.1 Å². The summed E-state index contributed by atoms with van der Waals surface area (Å²) in [4.78, 5) is 3.08. The number of H-pyrrole nitrogens is 1. The summed E-state index contributed by atoms with van der Waals surface area (Å²) < 4.78 is 0. The number of hydroxylamine groups is 1. The number of hydrogen-bond donors (Lipinski definition) is 4. The Morgan fingerprint density at radius 3 is 2.86 bits per heavy atom. The zero-order valence-corrected chi connectivity index (χ0v) is 7.57. The number of aliphatic hydroxyl groups excluding tert-OH is 1. The van der Waals surface area contributed by atoms with Crippen LogP contribution in [0.1, 0.15) is 11.6 Å². The molecule has 74 valence electrons. The molecule has 1 aromatic heterocycles. The van der Waals surface area contributed by atoms with Gasteiger partial charge in [0.25, 0.3) is 0 Å². The van der Waals surface area contributed by atoms with Crippen LogP contribution >= 0.6 is 0 Å². The zero-order chi connectivity index (χ0) is 9.97. The van der Waals surface area contributed by atoms with Gasteiger partial charge in [0.15, 0.2) is 0 Å². The Balaban J connectivity index is 2.51. The van der Waals surface area contributed by atoms with E-state index in [9.17, 15) is 0 Å². The predicted molar refractivity (Wildman–Crippen MR) is 53.0 cm³/mol. The molecule has 4 nitrogen and oxygen atoms in total. The minimum atomic E-state index is -0.439. The van der Waals surface area contributed by atoms with Gasteiger partial charge in [-0.25, -0.2) is 0 Å². The van der Waals surface area contributed by atoms with Gasteiger partial charge < -0.3 is 15.3 Å². The molecule has 0 aliphatic heterocycles. The summed E-state index contributed by atoms with van der Waals surface area (Å²) in [7, 11) is 0. The fraction of sp³-hybridized carbons (Fsp3) is 0.200. The van der Waals surface area contributed by atoms with Gasteiger partial charge in [-0.3, -0.25) is 0 Å². The molecule has 0 aliphatic rings. The number of nitrogens with one attached hydrogen (secondary N) is 2. The van der Waals surface area contributed by atoms with Crippen LogP contribution in [0.2, 0.25) is 0 Å². The van der Waals surface area contributed by atoms with Crippen LogP contribution in [0, 0.1) is 0 Å². The molecule has 0 saturated heterocycles. The van der Waals surface area contributed by atoms with E-state index in [0.29, 0.717) is 0 Å². The Labute approximate surface area is 81.1 Å². The van der Waals surface area contributed by atoms with Crippen LogP contribution in [0.15, 0.2) is 30.5 Å². The maximum absolute atomic E-state index is 9.02. The summed E-state index contributed by atoms with van der Waals surface area (Å²) in [6, 6.07) is 7.31. The fourth-order valence-corrected chi connectivity index (χ4v) is 1.59. The Hall–Kier alpha value is -1.36. The average Bonchev–Trinajstić information content (AvgIpc) is 2.65. The highest BCUT2D eigenvalue weighted by molar-refractivity contribution is 5.83. The lowest BCUT2D eigenvalue weighted by molar-refractivity contribution is 0.0912. The highest BCUT2D eigenvalue weighted by Crippen LogP contribution is 2.23. The molecule has 1 aromatic carbocycles. The van der Waals surface area contributed by atoms with E-state index in [4.69, 9.17) is 10.3 Å². The Bertz CT molecular complexity index is 421. The van der Waals surface area contributed by atoms with E-state index < -0.39 is 6.04 Å². The summed E-state index contributed by atoms with van der Waals surface area (Å²) in [6.07, 6.45) is 1.79. The van der Waals surface area contributed by atoms with Crippen molar-refractivity contribution in [2.45, 2.75) is 6.04 Å². The highest BCUT2D eigenvalue weighted by atomic mass is 16.5. The quantitative estimate of drug-likeness (QED) is 0.552. The van der Waals surface area contributed by atoms with Crippen molar-refractivity contribution in [1.82, 2.24) is 10.5 Å². The molecule has 4 N–H and O–H groups in total. The zero-order valence-electron chi connectivity index (χ0n) is 7.57. The molecule has 2 rings (SSSR count). The third kappa shape index (κ3) is 1.39. The molecule has 0 bridgehead atoms. The number of benzene rings is 1. The average molecular weight is 192 g/mol. The first kappa shape index (κ1) is 9.21. The maximum Gasteiger partial charge on any atom is 0.0820 e. The molecule has 0 aliphatic carbocycles. The highest BCUT2D eigenvalue weighted by Gasteiger charge is 2.12. The first-order valence-corrected chi connectivity index (χ1v) is 4.43. The van der Waals surface area contributed by atoms with Gasteiger partial charge >= 0.3 is 0 Å². The molecule has 4 heteroatoms. The molecule has 14 heavy (non-hydrogen) atoms. The summed E-state index contributed by atoms with van der Waals surface area (Å²) in [5.41, 5.74) is 3.94. The van der Waals surface area contributed by atoms with Crippen LogP contribution in [-0.2, 0) is 0 Å². The van der Waals surface area contributed by atoms with Crippen molar-refractivity contribution in [3.8, 4) is 0 Å². The third-order valence-corrected chi connectivity index (χ3v) is 2.34. The molecular weight excluding hydrogens is 180 g/mol. The molecule has 0 saturated carbocycles. The van der Waals surface area contributed by atoms with Gasteiger partial charge in [0.2, 0.25) is 0 Å². The first-order chi connectivity index (χ1) is 6.86. The fourth-order valence-electron chi connectivity index (χ4n) is 1.59. The number of aromatic amines is 1. The number of aromatic nitrogens is 1. The first-order valence-electron chi connectivity index (χ1n) is 4.43. The van der Waals surface area contributed by atoms with Crippen molar-refractivity contribution in [3.05, 3.63) is 36.0 Å². The van der Waals surface area contributed by atoms with Gasteiger partial charge in [-0.15, -0.1) is 0 Å². The lowest BCUT2D eigenvalue weighted by atomic mass is 10.1. The molecule has 1 heterocycles. The number of hydrogen-bond acceptors (Lipinski definition) is 3. The van der Waals surface area contributed by atoms with E-state index in [1.807, 2.05) is 24.3 Å². The van der Waals surface area contributed by atoms with Gasteiger partial charge in [-0.05, 0) is 11.6 Å². The SMILES string of the molecule is OC[C@@H](NO)c1c[nH]c2ccccc12. The molecule has 0 spiro atoms. The van der Waals surface area contributed by atoms with Crippen LogP contribution in [0.4, 0.5) is 0 Å². The lowest BCUT2D eigenvalue weighted by Crippen LogP contribution is -2.20. The molecular formula is C10H12N2O2. The van der Waals surface area contributed by atoms with Crippen LogP contribution in [0.3, 0.4) is 0 Å². The minimum Gasteiger partial charge on any atom is -0.394 e. The van der Waals surface area contributed by atoms with E-state index in [1.165, 1.54) is 0 Å². The van der Waals surface area contributed by atoms with Gasteiger partial charge in [-0.1, -0.05) is 18.2 Å². The molecule has 0 unspecified atom stereocenters. The van der Waals surface area contributed by atoms with E-state index in [1.54, 1.807) is 6.20 Å². The molecule has 1 atom stereocenters. The van der Waals surface area contributed by atoms with Crippen molar-refractivity contribution in [3.63, 3.8) is 0 Å². The molecule has 0 amide bonds. The lowest BCUT2D eigenvalue weighted by Gasteiger charge is -2.10. The van der Waals surface area contributed by atoms with Crippen LogP contribution in [0.5, 0.6) is 0 Å². The maximum atomic E-state index is 9.02. The summed E-state index contributed by atoms with van der Waals surface area (Å²) in [5.74, 6) is 0. The second kappa shape index (κ2) is 3.79. The standard InChI is InChI=1S/C10H12N2O2/c13-6-10(12-14)8-5-11-9-4-2-1-3-7(8)9/h1-5,10-14H,6H2/t10-/m1/s1. The number of para-hydroxylation sites is 1. The second-order valence-corrected chi connectivity index (χ2v) is 3.15. The van der Waals surface area contributed by atoms with Crippen molar-refractivity contribution >= 4 is 10.9 Å². The van der Waals surface area contributed by atoms with Crippen LogP contribution < -0.4 is 5.48 Å². The van der Waals surface area contributed by atoms with Gasteiger partial charge in [-0.2, -0.15) is 5.48 Å². The Morgan fingerprint density at radius 1 is 1.36 bits per heavy atom. The van der Waals surface area contributed by atoms with Crippen molar-refractivity contribution in [1.29, 1.82) is 0 Å². The number of fused-ring (bicyclic) bond motifs is 1. The Kier molecular flexibility index (Phi) is 2.49. The number of aliphatic hydroxyl groups is 1. The van der Waals surface area contributed by atoms with E-state index in [2.05, 4.69) is 10.5 Å². The normalized spacial score (nSPS) is 13.3. The van der Waals surface area contributed by atoms with Crippen LogP contribution in [-0.4, -0.2) is 21.9 Å². The summed E-state index contributed by atoms with van der Waals surface area (Å²) >= 11 is 0. The van der Waals surface area contributed by atoms with Gasteiger partial charge in [0.1, 0.15) is 0 Å². The minimum absolute atomic E-state index is 0.141. The predicted octanol–water partition coefficient (Wildman–Crippen LogP) is 1.18. The third-order valence-electron chi connectivity index (χ3n) is 2.34. The summed E-state index contributed by atoms with van der Waals surface area (Å²) in [5, 5.41) is 18.9. The van der Waals surface area contributed by atoms with Crippen molar-refractivity contribution < 1.29 is 10.3 Å². The monoisotopic (exact) mass is 192 g/mol. The summed E-state index contributed by atoms with van der Waals surface area (Å²) in [6.45, 7) is -0.141. The van der Waals surface area contributed by atoms with E-state index in [0.717, 1.165) is 16.5 Å². The van der Waals surface area contributed by atoms with E-state index in [-0.39, 0.29) is 6.61 Å². The number of rotatable bonds is 3. The topological polar surface area (TPSA) is 68.3 Å². The van der Waals surface area contributed by atoms with Crippen molar-refractivity contribution in [2.75, 3.05) is 6.61 Å².